The molecule has 2 rings (SSSR count). The van der Waals surface area contributed by atoms with Gasteiger partial charge in [0.15, 0.2) is 0 Å². The van der Waals surface area contributed by atoms with Gasteiger partial charge in [0.05, 0.1) is 12.7 Å². The highest BCUT2D eigenvalue weighted by atomic mass is 35.5. The third-order valence-electron chi connectivity index (χ3n) is 3.43. The maximum Gasteiger partial charge on any atom is 0.409 e. The SMILES string of the molecule is C#C.CCOC(=O)N1CC[C@H](O)C(C)(C)C1.Clc1ccccc1. The van der Waals surface area contributed by atoms with Gasteiger partial charge in [-0.1, -0.05) is 43.6 Å². The number of ether oxygens (including phenoxy) is 1. The Morgan fingerprint density at radius 3 is 2.35 bits per heavy atom. The van der Waals surface area contributed by atoms with Crippen LogP contribution in [0.5, 0.6) is 0 Å². The quantitative estimate of drug-likeness (QED) is 0.791. The van der Waals surface area contributed by atoms with Crippen molar-refractivity contribution in [3.05, 3.63) is 35.4 Å². The highest BCUT2D eigenvalue weighted by molar-refractivity contribution is 6.30. The van der Waals surface area contributed by atoms with Crippen molar-refractivity contribution in [3.63, 3.8) is 0 Å². The molecule has 1 aliphatic rings. The highest BCUT2D eigenvalue weighted by Gasteiger charge is 2.36. The van der Waals surface area contributed by atoms with Gasteiger partial charge in [0.1, 0.15) is 0 Å². The number of piperidine rings is 1. The van der Waals surface area contributed by atoms with E-state index in [1.807, 2.05) is 44.2 Å². The summed E-state index contributed by atoms with van der Waals surface area (Å²) in [5.41, 5.74) is -0.231. The predicted molar refractivity (Wildman–Crippen MR) is 94.3 cm³/mol. The summed E-state index contributed by atoms with van der Waals surface area (Å²) in [7, 11) is 0. The fourth-order valence-electron chi connectivity index (χ4n) is 2.13. The van der Waals surface area contributed by atoms with Crippen molar-refractivity contribution < 1.29 is 14.6 Å². The van der Waals surface area contributed by atoms with E-state index in [1.54, 1.807) is 11.8 Å². The number of carbonyl (C=O) groups excluding carboxylic acids is 1. The summed E-state index contributed by atoms with van der Waals surface area (Å²) in [6, 6.07) is 9.44. The number of carbonyl (C=O) groups is 1. The lowest BCUT2D eigenvalue weighted by Crippen LogP contribution is -2.50. The summed E-state index contributed by atoms with van der Waals surface area (Å²) < 4.78 is 4.92. The monoisotopic (exact) mass is 339 g/mol. The second-order valence-corrected chi connectivity index (χ2v) is 6.15. The zero-order valence-corrected chi connectivity index (χ0v) is 14.8. The third-order valence-corrected chi connectivity index (χ3v) is 3.68. The molecule has 1 fully saturated rings. The molecular formula is C18H26ClNO3. The number of hydrogen-bond donors (Lipinski definition) is 1. The molecule has 0 radical (unpaired) electrons. The minimum absolute atomic E-state index is 0.231. The summed E-state index contributed by atoms with van der Waals surface area (Å²) in [5, 5.41) is 10.5. The zero-order valence-electron chi connectivity index (χ0n) is 14.0. The summed E-state index contributed by atoms with van der Waals surface area (Å²) in [5.74, 6) is 0. The lowest BCUT2D eigenvalue weighted by atomic mass is 9.81. The molecule has 5 heteroatoms. The predicted octanol–water partition coefficient (Wildman–Crippen LogP) is 3.83. The van der Waals surface area contributed by atoms with Crippen LogP contribution < -0.4 is 0 Å². The topological polar surface area (TPSA) is 49.8 Å². The first-order valence-corrected chi connectivity index (χ1v) is 7.88. The standard InChI is InChI=1S/C10H19NO3.C6H5Cl.C2H2/c1-4-14-9(13)11-6-5-8(12)10(2,3)7-11;7-6-4-2-1-3-5-6;1-2/h8,12H,4-7H2,1-3H3;1-5H;1-2H/t8-;;/m0../s1. The van der Waals surface area contributed by atoms with Gasteiger partial charge in [-0.2, -0.15) is 0 Å². The van der Waals surface area contributed by atoms with Gasteiger partial charge >= 0.3 is 6.09 Å². The number of aliphatic hydroxyl groups is 1. The van der Waals surface area contributed by atoms with E-state index < -0.39 is 0 Å². The second-order valence-electron chi connectivity index (χ2n) is 5.71. The Morgan fingerprint density at radius 2 is 1.96 bits per heavy atom. The normalized spacial score (nSPS) is 18.6. The van der Waals surface area contributed by atoms with E-state index in [9.17, 15) is 9.90 Å². The minimum atomic E-state index is -0.326. The number of halogens is 1. The van der Waals surface area contributed by atoms with Crippen LogP contribution in [0.2, 0.25) is 5.02 Å². The fourth-order valence-corrected chi connectivity index (χ4v) is 2.28. The molecule has 1 saturated heterocycles. The van der Waals surface area contributed by atoms with Crippen molar-refractivity contribution in [3.8, 4) is 12.8 Å². The van der Waals surface area contributed by atoms with Gasteiger partial charge in [-0.05, 0) is 25.5 Å². The van der Waals surface area contributed by atoms with E-state index in [0.717, 1.165) is 5.02 Å². The van der Waals surface area contributed by atoms with Gasteiger partial charge in [0.2, 0.25) is 0 Å². The van der Waals surface area contributed by atoms with Crippen molar-refractivity contribution in [2.45, 2.75) is 33.3 Å². The molecule has 0 unspecified atom stereocenters. The number of nitrogens with zero attached hydrogens (tertiary/aromatic N) is 1. The fraction of sp³-hybridized carbons (Fsp3) is 0.500. The molecule has 1 atom stereocenters. The van der Waals surface area contributed by atoms with Crippen molar-refractivity contribution in [1.82, 2.24) is 4.90 Å². The van der Waals surface area contributed by atoms with Gasteiger partial charge in [-0.3, -0.25) is 0 Å². The van der Waals surface area contributed by atoms with E-state index in [4.69, 9.17) is 16.3 Å². The number of amides is 1. The third kappa shape index (κ3) is 7.92. The van der Waals surface area contributed by atoms with E-state index in [0.29, 0.717) is 26.1 Å². The lowest BCUT2D eigenvalue weighted by molar-refractivity contribution is -0.0227. The van der Waals surface area contributed by atoms with E-state index in [-0.39, 0.29) is 17.6 Å². The summed E-state index contributed by atoms with van der Waals surface area (Å²) in [6.45, 7) is 7.27. The largest absolute Gasteiger partial charge is 0.450 e. The van der Waals surface area contributed by atoms with Crippen molar-refractivity contribution in [2.24, 2.45) is 5.41 Å². The van der Waals surface area contributed by atoms with Crippen LogP contribution in [0.3, 0.4) is 0 Å². The lowest BCUT2D eigenvalue weighted by Gasteiger charge is -2.41. The van der Waals surface area contributed by atoms with Crippen LogP contribution in [0, 0.1) is 18.3 Å². The Bertz CT molecular complexity index is 474. The van der Waals surface area contributed by atoms with E-state index in [1.165, 1.54) is 0 Å². The number of likely N-dealkylation sites (tertiary alicyclic amines) is 1. The van der Waals surface area contributed by atoms with Crippen LogP contribution >= 0.6 is 11.6 Å². The average molecular weight is 340 g/mol. The summed E-state index contributed by atoms with van der Waals surface area (Å²) in [6.07, 6.45) is 8.03. The van der Waals surface area contributed by atoms with E-state index >= 15 is 0 Å². The second kappa shape index (κ2) is 10.9. The smallest absolute Gasteiger partial charge is 0.409 e. The Morgan fingerprint density at radius 1 is 1.39 bits per heavy atom. The Balaban J connectivity index is 0.000000449. The van der Waals surface area contributed by atoms with Crippen molar-refractivity contribution in [1.29, 1.82) is 0 Å². The highest BCUT2D eigenvalue weighted by Crippen LogP contribution is 2.29. The first-order chi connectivity index (χ1) is 10.9. The minimum Gasteiger partial charge on any atom is -0.450 e. The maximum absolute atomic E-state index is 11.4. The summed E-state index contributed by atoms with van der Waals surface area (Å²) >= 11 is 5.54. The molecule has 0 aromatic heterocycles. The molecule has 23 heavy (non-hydrogen) atoms. The number of rotatable bonds is 1. The van der Waals surface area contributed by atoms with Gasteiger partial charge in [0.25, 0.3) is 0 Å². The molecule has 0 saturated carbocycles. The van der Waals surface area contributed by atoms with Gasteiger partial charge in [0, 0.05) is 23.5 Å². The molecule has 1 aliphatic heterocycles. The molecule has 1 aromatic rings. The van der Waals surface area contributed by atoms with Crippen LogP contribution in [0.1, 0.15) is 27.2 Å². The van der Waals surface area contributed by atoms with Crippen LogP contribution in [0.15, 0.2) is 30.3 Å². The van der Waals surface area contributed by atoms with Crippen molar-refractivity contribution >= 4 is 17.7 Å². The van der Waals surface area contributed by atoms with Crippen LogP contribution in [0.25, 0.3) is 0 Å². The number of benzene rings is 1. The Labute approximate surface area is 144 Å². The molecule has 0 spiro atoms. The number of terminal acetylenes is 1. The number of hydrogen-bond acceptors (Lipinski definition) is 3. The van der Waals surface area contributed by atoms with Crippen LogP contribution in [-0.4, -0.2) is 41.9 Å². The average Bonchev–Trinajstić information content (AvgIpc) is 2.53. The number of aliphatic hydroxyl groups excluding tert-OH is 1. The Hall–Kier alpha value is -1.70. The first kappa shape index (κ1) is 21.3. The summed E-state index contributed by atoms with van der Waals surface area (Å²) in [4.78, 5) is 13.1. The molecular weight excluding hydrogens is 314 g/mol. The molecule has 0 bridgehead atoms. The molecule has 1 N–H and O–H groups in total. The molecule has 4 nitrogen and oxygen atoms in total. The molecule has 1 amide bonds. The zero-order chi connectivity index (χ0) is 17.9. The molecule has 1 aromatic carbocycles. The first-order valence-electron chi connectivity index (χ1n) is 7.50. The van der Waals surface area contributed by atoms with Crippen molar-refractivity contribution in [2.75, 3.05) is 19.7 Å². The van der Waals surface area contributed by atoms with E-state index in [2.05, 4.69) is 12.8 Å². The molecule has 1 heterocycles. The van der Waals surface area contributed by atoms with Gasteiger partial charge in [-0.25, -0.2) is 4.79 Å². The Kier molecular flexibility index (Phi) is 10.1. The van der Waals surface area contributed by atoms with Gasteiger partial charge < -0.3 is 14.7 Å². The van der Waals surface area contributed by atoms with Crippen LogP contribution in [0.4, 0.5) is 4.79 Å². The van der Waals surface area contributed by atoms with Gasteiger partial charge in [-0.15, -0.1) is 12.8 Å². The maximum atomic E-state index is 11.4. The van der Waals surface area contributed by atoms with Crippen LogP contribution in [-0.2, 0) is 4.74 Å². The molecule has 0 aliphatic carbocycles. The molecule has 128 valence electrons.